The molecule has 1 aromatic heterocycles. The Labute approximate surface area is 150 Å². The van der Waals surface area contributed by atoms with Gasteiger partial charge in [0, 0.05) is 30.4 Å². The molecular weight excluding hydrogens is 312 g/mol. The highest BCUT2D eigenvalue weighted by molar-refractivity contribution is 5.59. The first kappa shape index (κ1) is 17.7. The fourth-order valence-corrected chi connectivity index (χ4v) is 3.18. The lowest BCUT2D eigenvalue weighted by atomic mass is 9.97. The van der Waals surface area contributed by atoms with Crippen molar-refractivity contribution in [1.29, 1.82) is 0 Å². The van der Waals surface area contributed by atoms with Crippen molar-refractivity contribution in [3.8, 4) is 17.1 Å². The second kappa shape index (κ2) is 7.83. The second-order valence-electron chi connectivity index (χ2n) is 7.02. The minimum Gasteiger partial charge on any atom is -0.497 e. The molecule has 1 aliphatic rings. The van der Waals surface area contributed by atoms with Crippen LogP contribution in [0.3, 0.4) is 0 Å². The minimum atomic E-state index is 0.361. The van der Waals surface area contributed by atoms with Gasteiger partial charge in [-0.3, -0.25) is 0 Å². The van der Waals surface area contributed by atoms with Gasteiger partial charge >= 0.3 is 0 Å². The van der Waals surface area contributed by atoms with Crippen molar-refractivity contribution in [2.24, 2.45) is 11.7 Å². The van der Waals surface area contributed by atoms with E-state index in [0.717, 1.165) is 61.1 Å². The maximum atomic E-state index is 5.82. The number of rotatable bonds is 5. The number of anilines is 1. The summed E-state index contributed by atoms with van der Waals surface area (Å²) < 4.78 is 5.25. The van der Waals surface area contributed by atoms with Crippen molar-refractivity contribution in [3.63, 3.8) is 0 Å². The number of ether oxygens (including phenoxy) is 1. The van der Waals surface area contributed by atoms with Gasteiger partial charge < -0.3 is 15.4 Å². The van der Waals surface area contributed by atoms with E-state index in [1.54, 1.807) is 7.11 Å². The van der Waals surface area contributed by atoms with E-state index in [4.69, 9.17) is 20.4 Å². The molecule has 2 aromatic rings. The summed E-state index contributed by atoms with van der Waals surface area (Å²) in [7, 11) is 1.67. The number of nitrogens with two attached hydrogens (primary N) is 1. The number of nitrogens with zero attached hydrogens (tertiary/aromatic N) is 3. The maximum Gasteiger partial charge on any atom is 0.161 e. The third-order valence-corrected chi connectivity index (χ3v) is 4.94. The van der Waals surface area contributed by atoms with E-state index in [0.29, 0.717) is 11.8 Å². The second-order valence-corrected chi connectivity index (χ2v) is 7.02. The largest absolute Gasteiger partial charge is 0.497 e. The van der Waals surface area contributed by atoms with Crippen LogP contribution >= 0.6 is 0 Å². The van der Waals surface area contributed by atoms with Crippen molar-refractivity contribution >= 4 is 5.82 Å². The highest BCUT2D eigenvalue weighted by atomic mass is 16.5. The Hall–Kier alpha value is -2.14. The van der Waals surface area contributed by atoms with Gasteiger partial charge in [-0.25, -0.2) is 9.97 Å². The molecule has 1 aliphatic heterocycles. The molecule has 134 valence electrons. The molecule has 2 heterocycles. The molecule has 3 rings (SSSR count). The lowest BCUT2D eigenvalue weighted by Crippen LogP contribution is -2.36. The molecule has 0 radical (unpaired) electrons. The highest BCUT2D eigenvalue weighted by Gasteiger charge is 2.21. The van der Waals surface area contributed by atoms with E-state index >= 15 is 0 Å². The molecule has 0 spiro atoms. The van der Waals surface area contributed by atoms with Crippen LogP contribution in [0.25, 0.3) is 11.4 Å². The molecule has 5 nitrogen and oxygen atoms in total. The minimum absolute atomic E-state index is 0.361. The van der Waals surface area contributed by atoms with Crippen LogP contribution in [0.5, 0.6) is 5.75 Å². The van der Waals surface area contributed by atoms with E-state index in [1.807, 2.05) is 24.3 Å². The van der Waals surface area contributed by atoms with E-state index in [-0.39, 0.29) is 0 Å². The Balaban J connectivity index is 1.91. The molecule has 1 saturated heterocycles. The van der Waals surface area contributed by atoms with Crippen LogP contribution in [-0.2, 0) is 0 Å². The van der Waals surface area contributed by atoms with Gasteiger partial charge in [0.2, 0.25) is 0 Å². The Morgan fingerprint density at radius 3 is 2.40 bits per heavy atom. The summed E-state index contributed by atoms with van der Waals surface area (Å²) in [5.41, 5.74) is 7.92. The SMILES string of the molecule is COc1ccc(-c2nc(C(C)C)cc(N3CCC(CN)CC3)n2)cc1. The zero-order chi connectivity index (χ0) is 17.8. The molecule has 0 atom stereocenters. The van der Waals surface area contributed by atoms with Gasteiger partial charge in [0.1, 0.15) is 11.6 Å². The fraction of sp³-hybridized carbons (Fsp3) is 0.500. The summed E-state index contributed by atoms with van der Waals surface area (Å²) in [5, 5.41) is 0. The predicted octanol–water partition coefficient (Wildman–Crippen LogP) is 3.45. The lowest BCUT2D eigenvalue weighted by Gasteiger charge is -2.32. The van der Waals surface area contributed by atoms with E-state index < -0.39 is 0 Å². The molecule has 25 heavy (non-hydrogen) atoms. The van der Waals surface area contributed by atoms with Gasteiger partial charge in [0.25, 0.3) is 0 Å². The highest BCUT2D eigenvalue weighted by Crippen LogP contribution is 2.27. The molecule has 5 heteroatoms. The van der Waals surface area contributed by atoms with Gasteiger partial charge in [-0.05, 0) is 55.5 Å². The monoisotopic (exact) mass is 340 g/mol. The molecule has 0 saturated carbocycles. The summed E-state index contributed by atoms with van der Waals surface area (Å²) in [6.07, 6.45) is 2.27. The van der Waals surface area contributed by atoms with Crippen molar-refractivity contribution in [1.82, 2.24) is 9.97 Å². The summed E-state index contributed by atoms with van der Waals surface area (Å²) in [4.78, 5) is 12.0. The van der Waals surface area contributed by atoms with Gasteiger partial charge in [0.15, 0.2) is 5.82 Å². The van der Waals surface area contributed by atoms with Crippen LogP contribution in [0.2, 0.25) is 0 Å². The van der Waals surface area contributed by atoms with Gasteiger partial charge in [-0.15, -0.1) is 0 Å². The first-order valence-corrected chi connectivity index (χ1v) is 9.09. The topological polar surface area (TPSA) is 64.3 Å². The Bertz CT molecular complexity index is 691. The summed E-state index contributed by atoms with van der Waals surface area (Å²) in [6.45, 7) is 7.15. The number of hydrogen-bond acceptors (Lipinski definition) is 5. The average Bonchev–Trinajstić information content (AvgIpc) is 2.67. The van der Waals surface area contributed by atoms with Crippen molar-refractivity contribution in [2.45, 2.75) is 32.6 Å². The first-order chi connectivity index (χ1) is 12.1. The summed E-state index contributed by atoms with van der Waals surface area (Å²) >= 11 is 0. The van der Waals surface area contributed by atoms with Crippen LogP contribution in [0.4, 0.5) is 5.82 Å². The molecule has 0 amide bonds. The smallest absolute Gasteiger partial charge is 0.161 e. The molecule has 0 aliphatic carbocycles. The Morgan fingerprint density at radius 2 is 1.84 bits per heavy atom. The molecule has 0 unspecified atom stereocenters. The Morgan fingerprint density at radius 1 is 1.16 bits per heavy atom. The van der Waals surface area contributed by atoms with Crippen LogP contribution in [0, 0.1) is 5.92 Å². The van der Waals surface area contributed by atoms with Crippen LogP contribution in [0.15, 0.2) is 30.3 Å². The molecule has 1 fully saturated rings. The number of methoxy groups -OCH3 is 1. The van der Waals surface area contributed by atoms with Crippen LogP contribution in [0.1, 0.15) is 38.3 Å². The normalized spacial score (nSPS) is 15.6. The van der Waals surface area contributed by atoms with E-state index in [1.165, 1.54) is 0 Å². The van der Waals surface area contributed by atoms with Crippen molar-refractivity contribution in [3.05, 3.63) is 36.0 Å². The summed E-state index contributed by atoms with van der Waals surface area (Å²) in [6, 6.07) is 10.1. The average molecular weight is 340 g/mol. The zero-order valence-electron chi connectivity index (χ0n) is 15.4. The summed E-state index contributed by atoms with van der Waals surface area (Å²) in [5.74, 6) is 3.65. The zero-order valence-corrected chi connectivity index (χ0v) is 15.4. The van der Waals surface area contributed by atoms with Gasteiger partial charge in [-0.1, -0.05) is 13.8 Å². The molecule has 0 bridgehead atoms. The standard InChI is InChI=1S/C20H28N4O/c1-14(2)18-12-19(24-10-8-15(13-21)9-11-24)23-20(22-18)16-4-6-17(25-3)7-5-16/h4-7,12,14-15H,8-11,13,21H2,1-3H3. The fourth-order valence-electron chi connectivity index (χ4n) is 3.18. The first-order valence-electron chi connectivity index (χ1n) is 9.09. The molecular formula is C20H28N4O. The Kier molecular flexibility index (Phi) is 5.53. The van der Waals surface area contributed by atoms with Gasteiger partial charge in [-0.2, -0.15) is 0 Å². The van der Waals surface area contributed by atoms with Gasteiger partial charge in [0.05, 0.1) is 7.11 Å². The van der Waals surface area contributed by atoms with Crippen molar-refractivity contribution < 1.29 is 4.74 Å². The van der Waals surface area contributed by atoms with Crippen molar-refractivity contribution in [2.75, 3.05) is 31.6 Å². The number of hydrogen-bond donors (Lipinski definition) is 1. The number of piperidine rings is 1. The lowest BCUT2D eigenvalue weighted by molar-refractivity contribution is 0.413. The third-order valence-electron chi connectivity index (χ3n) is 4.94. The number of aromatic nitrogens is 2. The number of benzene rings is 1. The maximum absolute atomic E-state index is 5.82. The third kappa shape index (κ3) is 4.10. The quantitative estimate of drug-likeness (QED) is 0.903. The van der Waals surface area contributed by atoms with E-state index in [9.17, 15) is 0 Å². The van der Waals surface area contributed by atoms with E-state index in [2.05, 4.69) is 24.8 Å². The molecule has 1 aromatic carbocycles. The van der Waals surface area contributed by atoms with Crippen LogP contribution in [-0.4, -0.2) is 36.7 Å². The van der Waals surface area contributed by atoms with Crippen LogP contribution < -0.4 is 15.4 Å². The molecule has 2 N–H and O–H groups in total. The predicted molar refractivity (Wildman–Crippen MR) is 102 cm³/mol.